The number of fused-ring (bicyclic) bond motifs is 4. The second-order valence-corrected chi connectivity index (χ2v) is 10.6. The molecule has 3 aromatic rings. The maximum absolute atomic E-state index is 13.2. The van der Waals surface area contributed by atoms with Crippen molar-refractivity contribution in [3.05, 3.63) is 34.7 Å². The zero-order valence-corrected chi connectivity index (χ0v) is 19.0. The number of nitrogens with two attached hydrogens (primary N) is 1. The van der Waals surface area contributed by atoms with E-state index in [0.29, 0.717) is 28.3 Å². The molecule has 31 heavy (non-hydrogen) atoms. The highest BCUT2D eigenvalue weighted by atomic mass is 32.2. The lowest BCUT2D eigenvalue weighted by Gasteiger charge is -2.30. The minimum absolute atomic E-state index is 0.00138. The van der Waals surface area contributed by atoms with Crippen molar-refractivity contribution in [2.24, 2.45) is 5.92 Å². The molecule has 2 aromatic heterocycles. The van der Waals surface area contributed by atoms with Gasteiger partial charge in [-0.05, 0) is 49.8 Å². The predicted octanol–water partition coefficient (Wildman–Crippen LogP) is 3.86. The number of hydrogen-bond donors (Lipinski definition) is 2. The van der Waals surface area contributed by atoms with Gasteiger partial charge in [-0.25, -0.2) is 9.97 Å². The number of anilines is 3. The summed E-state index contributed by atoms with van der Waals surface area (Å²) in [6, 6.07) is 7.31. The maximum Gasteiger partial charge on any atom is 0.244 e. The van der Waals surface area contributed by atoms with Crippen LogP contribution in [0.3, 0.4) is 0 Å². The number of carbonyl (C=O) groups excluding carboxylic acids is 2. The van der Waals surface area contributed by atoms with E-state index in [-0.39, 0.29) is 18.4 Å². The Hall–Kier alpha value is -2.65. The van der Waals surface area contributed by atoms with Crippen LogP contribution in [0.15, 0.2) is 29.4 Å². The van der Waals surface area contributed by atoms with Gasteiger partial charge in [-0.2, -0.15) is 0 Å². The van der Waals surface area contributed by atoms with E-state index in [2.05, 4.69) is 17.2 Å². The number of nitrogens with zero attached hydrogens (tertiary/aromatic N) is 3. The molecule has 0 saturated carbocycles. The van der Waals surface area contributed by atoms with Crippen LogP contribution in [-0.4, -0.2) is 33.6 Å². The van der Waals surface area contributed by atoms with E-state index in [1.807, 2.05) is 25.1 Å². The Labute approximate surface area is 188 Å². The van der Waals surface area contributed by atoms with Crippen LogP contribution in [0.1, 0.15) is 30.7 Å². The standard InChI is InChI=1S/C22H23N5O2S2/c1-11-7-8-13-16(9-11)31-20-18(13)19(23)25-22(26-20)30-12(2)21(29)27-10-17(28)24-14-5-3-4-6-15(14)27/h3-6,11-12H,7-10H2,1-2H3,(H,24,28)(H2,23,25,26). The third-order valence-electron chi connectivity index (χ3n) is 5.83. The molecule has 9 heteroatoms. The van der Waals surface area contributed by atoms with E-state index < -0.39 is 5.25 Å². The Balaban J connectivity index is 1.41. The summed E-state index contributed by atoms with van der Waals surface area (Å²) in [7, 11) is 0. The van der Waals surface area contributed by atoms with Crippen molar-refractivity contribution < 1.29 is 9.59 Å². The van der Waals surface area contributed by atoms with Crippen molar-refractivity contribution in [2.75, 3.05) is 22.5 Å². The molecule has 1 aliphatic carbocycles. The fourth-order valence-corrected chi connectivity index (χ4v) is 6.55. The largest absolute Gasteiger partial charge is 0.383 e. The van der Waals surface area contributed by atoms with Crippen LogP contribution >= 0.6 is 23.1 Å². The first-order valence-electron chi connectivity index (χ1n) is 10.4. The maximum atomic E-state index is 13.2. The summed E-state index contributed by atoms with van der Waals surface area (Å²) in [6.07, 6.45) is 3.23. The number of hydrogen-bond acceptors (Lipinski definition) is 7. The van der Waals surface area contributed by atoms with Crippen LogP contribution in [0.2, 0.25) is 0 Å². The molecule has 0 radical (unpaired) electrons. The zero-order valence-electron chi connectivity index (χ0n) is 17.3. The molecule has 2 atom stereocenters. The first kappa shape index (κ1) is 20.3. The fraction of sp³-hybridized carbons (Fsp3) is 0.364. The Morgan fingerprint density at radius 2 is 2.16 bits per heavy atom. The number of thiophene rings is 1. The molecule has 3 N–H and O–H groups in total. The van der Waals surface area contributed by atoms with Gasteiger partial charge in [0.25, 0.3) is 0 Å². The van der Waals surface area contributed by atoms with Gasteiger partial charge in [0.15, 0.2) is 5.16 Å². The Bertz CT molecular complexity index is 1210. The lowest BCUT2D eigenvalue weighted by molar-refractivity contribution is -0.121. The molecule has 2 aliphatic rings. The van der Waals surface area contributed by atoms with Crippen molar-refractivity contribution in [3.63, 3.8) is 0 Å². The second-order valence-electron chi connectivity index (χ2n) is 8.17. The van der Waals surface area contributed by atoms with Gasteiger partial charge in [0.1, 0.15) is 17.2 Å². The van der Waals surface area contributed by atoms with Gasteiger partial charge in [-0.3, -0.25) is 14.5 Å². The number of rotatable bonds is 3. The molecule has 1 aliphatic heterocycles. The third-order valence-corrected chi connectivity index (χ3v) is 7.93. The van der Waals surface area contributed by atoms with Crippen molar-refractivity contribution in [3.8, 4) is 0 Å². The number of aromatic nitrogens is 2. The van der Waals surface area contributed by atoms with E-state index in [4.69, 9.17) is 10.7 Å². The molecule has 0 saturated heterocycles. The van der Waals surface area contributed by atoms with Gasteiger partial charge in [-0.15, -0.1) is 11.3 Å². The SMILES string of the molecule is CC1CCc2c(sc3nc(SC(C)C(=O)N4CC(=O)Nc5ccccc54)nc(N)c23)C1. The lowest BCUT2D eigenvalue weighted by Crippen LogP contribution is -2.45. The Morgan fingerprint density at radius 3 is 3.00 bits per heavy atom. The molecule has 5 rings (SSSR count). The lowest BCUT2D eigenvalue weighted by atomic mass is 9.89. The van der Waals surface area contributed by atoms with Crippen LogP contribution in [0.25, 0.3) is 10.2 Å². The van der Waals surface area contributed by atoms with E-state index in [1.54, 1.807) is 17.4 Å². The zero-order chi connectivity index (χ0) is 21.7. The van der Waals surface area contributed by atoms with E-state index in [1.165, 1.54) is 27.1 Å². The van der Waals surface area contributed by atoms with Gasteiger partial charge < -0.3 is 11.1 Å². The molecule has 2 unspecified atom stereocenters. The number of para-hydroxylation sites is 2. The summed E-state index contributed by atoms with van der Waals surface area (Å²) < 4.78 is 0. The van der Waals surface area contributed by atoms with E-state index >= 15 is 0 Å². The summed E-state index contributed by atoms with van der Waals surface area (Å²) in [6.45, 7) is 4.08. The molecule has 0 bridgehead atoms. The number of amides is 2. The number of carbonyl (C=O) groups is 2. The topological polar surface area (TPSA) is 101 Å². The number of aryl methyl sites for hydroxylation is 1. The quantitative estimate of drug-likeness (QED) is 0.461. The van der Waals surface area contributed by atoms with Crippen LogP contribution < -0.4 is 16.0 Å². The molecule has 0 spiro atoms. The molecule has 3 heterocycles. The highest BCUT2D eigenvalue weighted by molar-refractivity contribution is 8.00. The summed E-state index contributed by atoms with van der Waals surface area (Å²) in [5, 5.41) is 3.82. The summed E-state index contributed by atoms with van der Waals surface area (Å²) in [4.78, 5) is 38.3. The molecule has 160 valence electrons. The van der Waals surface area contributed by atoms with Gasteiger partial charge >= 0.3 is 0 Å². The number of nitrogens with one attached hydrogen (secondary N) is 1. The average molecular weight is 454 g/mol. The van der Waals surface area contributed by atoms with Crippen LogP contribution in [0, 0.1) is 5.92 Å². The summed E-state index contributed by atoms with van der Waals surface area (Å²) in [5.74, 6) is 0.797. The van der Waals surface area contributed by atoms with Gasteiger partial charge in [0.05, 0.1) is 22.0 Å². The van der Waals surface area contributed by atoms with Crippen molar-refractivity contribution in [1.82, 2.24) is 9.97 Å². The third kappa shape index (κ3) is 3.65. The normalized spacial score (nSPS) is 19.0. The highest BCUT2D eigenvalue weighted by Crippen LogP contribution is 2.40. The first-order chi connectivity index (χ1) is 14.9. The van der Waals surface area contributed by atoms with Crippen molar-refractivity contribution in [1.29, 1.82) is 0 Å². The monoisotopic (exact) mass is 453 g/mol. The molecular weight excluding hydrogens is 430 g/mol. The molecule has 1 aromatic carbocycles. The number of nitrogen functional groups attached to an aromatic ring is 1. The van der Waals surface area contributed by atoms with Gasteiger partial charge in [-0.1, -0.05) is 30.8 Å². The Kier molecular flexibility index (Phi) is 5.10. The molecular formula is C22H23N5O2S2. The smallest absolute Gasteiger partial charge is 0.244 e. The van der Waals surface area contributed by atoms with Gasteiger partial charge in [0, 0.05) is 4.88 Å². The van der Waals surface area contributed by atoms with Crippen molar-refractivity contribution >= 4 is 62.3 Å². The fourth-order valence-electron chi connectivity index (χ4n) is 4.26. The van der Waals surface area contributed by atoms with E-state index in [9.17, 15) is 9.59 Å². The van der Waals surface area contributed by atoms with E-state index in [0.717, 1.165) is 29.5 Å². The molecule has 7 nitrogen and oxygen atoms in total. The van der Waals surface area contributed by atoms with Crippen LogP contribution in [0.4, 0.5) is 17.2 Å². The summed E-state index contributed by atoms with van der Waals surface area (Å²) >= 11 is 2.97. The Morgan fingerprint density at radius 1 is 1.35 bits per heavy atom. The second kappa shape index (κ2) is 7.80. The van der Waals surface area contributed by atoms with Crippen molar-refractivity contribution in [2.45, 2.75) is 43.5 Å². The number of thioether (sulfide) groups is 1. The van der Waals surface area contributed by atoms with Crippen LogP contribution in [0.5, 0.6) is 0 Å². The minimum Gasteiger partial charge on any atom is -0.383 e. The number of benzene rings is 1. The minimum atomic E-state index is -0.467. The average Bonchev–Trinajstić information content (AvgIpc) is 3.10. The predicted molar refractivity (Wildman–Crippen MR) is 126 cm³/mol. The highest BCUT2D eigenvalue weighted by Gasteiger charge is 2.31. The van der Waals surface area contributed by atoms with Gasteiger partial charge in [0.2, 0.25) is 11.8 Å². The molecule has 2 amide bonds. The molecule has 0 fully saturated rings. The van der Waals surface area contributed by atoms with Crippen LogP contribution in [-0.2, 0) is 22.4 Å². The summed E-state index contributed by atoms with van der Waals surface area (Å²) in [5.41, 5.74) is 8.98. The first-order valence-corrected chi connectivity index (χ1v) is 12.0.